The van der Waals surface area contributed by atoms with E-state index in [0.29, 0.717) is 11.3 Å². The van der Waals surface area contributed by atoms with E-state index in [2.05, 4.69) is 20.9 Å². The molecule has 6 heteroatoms. The van der Waals surface area contributed by atoms with Gasteiger partial charge in [0, 0.05) is 4.47 Å². The summed E-state index contributed by atoms with van der Waals surface area (Å²) >= 11 is 9.01. The Kier molecular flexibility index (Phi) is 3.22. The molecule has 0 radical (unpaired) electrons. The fourth-order valence-electron chi connectivity index (χ4n) is 1.42. The second kappa shape index (κ2) is 4.50. The predicted octanol–water partition coefficient (Wildman–Crippen LogP) is 2.25. The van der Waals surface area contributed by atoms with Crippen molar-refractivity contribution >= 4 is 27.5 Å². The lowest BCUT2D eigenvalue weighted by Crippen LogP contribution is -2.35. The predicted molar refractivity (Wildman–Crippen MR) is 70.1 cm³/mol. The first kappa shape index (κ1) is 12.1. The highest BCUT2D eigenvalue weighted by Crippen LogP contribution is 2.12. The van der Waals surface area contributed by atoms with E-state index >= 15 is 0 Å². The minimum Gasteiger partial charge on any atom is -0.297 e. The molecule has 0 amide bonds. The monoisotopic (exact) mass is 314 g/mol. The minimum absolute atomic E-state index is 0.0772. The Morgan fingerprint density at radius 1 is 1.24 bits per heavy atom. The van der Waals surface area contributed by atoms with Gasteiger partial charge in [-0.05, 0) is 31.2 Å². The van der Waals surface area contributed by atoms with E-state index in [1.807, 2.05) is 0 Å². The smallest absolute Gasteiger partial charge is 0.297 e. The lowest BCUT2D eigenvalue weighted by molar-refractivity contribution is 0.860. The minimum atomic E-state index is -0.548. The molecular formula is C11H8BrClN2O2. The molecule has 1 aromatic heterocycles. The van der Waals surface area contributed by atoms with Crippen LogP contribution in [0.1, 0.15) is 5.56 Å². The lowest BCUT2D eigenvalue weighted by atomic mass is 10.3. The van der Waals surface area contributed by atoms with E-state index < -0.39 is 11.2 Å². The molecule has 0 bridgehead atoms. The van der Waals surface area contributed by atoms with Crippen molar-refractivity contribution in [1.82, 2.24) is 9.55 Å². The van der Waals surface area contributed by atoms with Crippen LogP contribution in [-0.2, 0) is 0 Å². The molecule has 0 aliphatic heterocycles. The van der Waals surface area contributed by atoms with Gasteiger partial charge in [0.15, 0.2) is 0 Å². The van der Waals surface area contributed by atoms with E-state index in [4.69, 9.17) is 11.6 Å². The second-order valence-corrected chi connectivity index (χ2v) is 4.78. The lowest BCUT2D eigenvalue weighted by Gasteiger charge is -2.06. The van der Waals surface area contributed by atoms with Gasteiger partial charge in [-0.15, -0.1) is 0 Å². The summed E-state index contributed by atoms with van der Waals surface area (Å²) in [5.41, 5.74) is -0.151. The molecule has 1 heterocycles. The maximum Gasteiger partial charge on any atom is 0.334 e. The normalized spacial score (nSPS) is 10.5. The van der Waals surface area contributed by atoms with Gasteiger partial charge in [-0.1, -0.05) is 27.5 Å². The van der Waals surface area contributed by atoms with Gasteiger partial charge in [-0.3, -0.25) is 9.78 Å². The number of hydrogen-bond donors (Lipinski definition) is 1. The molecule has 2 rings (SSSR count). The quantitative estimate of drug-likeness (QED) is 0.821. The highest BCUT2D eigenvalue weighted by molar-refractivity contribution is 9.10. The number of aromatic nitrogens is 2. The van der Waals surface area contributed by atoms with Crippen LogP contribution in [0.4, 0.5) is 0 Å². The number of H-pyrrole nitrogens is 1. The standard InChI is InChI=1S/C11H8BrClN2O2/c1-6-9(13)14-11(17)15(10(6)16)8-4-2-7(12)3-5-8/h2-5H,1H3,(H,14,17). The zero-order valence-corrected chi connectivity index (χ0v) is 11.2. The first-order chi connectivity index (χ1) is 8.00. The number of halogens is 2. The van der Waals surface area contributed by atoms with Crippen molar-refractivity contribution in [3.05, 3.63) is 60.3 Å². The van der Waals surface area contributed by atoms with Gasteiger partial charge in [0.25, 0.3) is 5.56 Å². The van der Waals surface area contributed by atoms with Gasteiger partial charge >= 0.3 is 5.69 Å². The molecule has 17 heavy (non-hydrogen) atoms. The first-order valence-electron chi connectivity index (χ1n) is 4.78. The summed E-state index contributed by atoms with van der Waals surface area (Å²) < 4.78 is 1.92. The third-order valence-electron chi connectivity index (χ3n) is 2.36. The summed E-state index contributed by atoms with van der Waals surface area (Å²) in [4.78, 5) is 26.1. The largest absolute Gasteiger partial charge is 0.334 e. The summed E-state index contributed by atoms with van der Waals surface area (Å²) in [7, 11) is 0. The van der Waals surface area contributed by atoms with Gasteiger partial charge in [0.2, 0.25) is 0 Å². The molecule has 1 N–H and O–H groups in total. The highest BCUT2D eigenvalue weighted by atomic mass is 79.9. The van der Waals surface area contributed by atoms with E-state index in [-0.39, 0.29) is 5.15 Å². The number of nitrogens with one attached hydrogen (secondary N) is 1. The van der Waals surface area contributed by atoms with E-state index in [1.54, 1.807) is 31.2 Å². The summed E-state index contributed by atoms with van der Waals surface area (Å²) in [6.45, 7) is 1.57. The van der Waals surface area contributed by atoms with Crippen molar-refractivity contribution in [1.29, 1.82) is 0 Å². The SMILES string of the molecule is Cc1c(Cl)[nH]c(=O)n(-c2ccc(Br)cc2)c1=O. The Bertz CT molecular complexity index is 673. The van der Waals surface area contributed by atoms with Crippen LogP contribution in [0.25, 0.3) is 5.69 Å². The Morgan fingerprint density at radius 2 is 1.82 bits per heavy atom. The van der Waals surface area contributed by atoms with Gasteiger partial charge in [-0.2, -0.15) is 0 Å². The molecule has 0 spiro atoms. The van der Waals surface area contributed by atoms with Gasteiger partial charge in [0.05, 0.1) is 11.3 Å². The average Bonchev–Trinajstić information content (AvgIpc) is 2.29. The van der Waals surface area contributed by atoms with Gasteiger partial charge in [-0.25, -0.2) is 9.36 Å². The second-order valence-electron chi connectivity index (χ2n) is 3.49. The van der Waals surface area contributed by atoms with Crippen molar-refractivity contribution in [2.24, 2.45) is 0 Å². The number of aromatic amines is 1. The van der Waals surface area contributed by atoms with Crippen molar-refractivity contribution in [2.45, 2.75) is 6.92 Å². The fraction of sp³-hybridized carbons (Fsp3) is 0.0909. The van der Waals surface area contributed by atoms with E-state index in [9.17, 15) is 9.59 Å². The molecule has 0 atom stereocenters. The van der Waals surface area contributed by atoms with Crippen molar-refractivity contribution in [3.8, 4) is 5.69 Å². The molecule has 0 fully saturated rings. The molecule has 0 saturated heterocycles. The first-order valence-corrected chi connectivity index (χ1v) is 5.95. The highest BCUT2D eigenvalue weighted by Gasteiger charge is 2.10. The third kappa shape index (κ3) is 2.21. The van der Waals surface area contributed by atoms with Crippen LogP contribution in [-0.4, -0.2) is 9.55 Å². The molecule has 0 saturated carbocycles. The average molecular weight is 316 g/mol. The summed E-state index contributed by atoms with van der Waals surface area (Å²) in [5.74, 6) is 0. The molecular weight excluding hydrogens is 307 g/mol. The molecule has 0 aliphatic carbocycles. The Labute approximate surface area is 110 Å². The van der Waals surface area contributed by atoms with E-state index in [0.717, 1.165) is 9.04 Å². The van der Waals surface area contributed by atoms with Crippen LogP contribution in [0, 0.1) is 6.92 Å². The molecule has 88 valence electrons. The van der Waals surface area contributed by atoms with Crippen LogP contribution in [0.15, 0.2) is 38.3 Å². The number of benzene rings is 1. The van der Waals surface area contributed by atoms with Gasteiger partial charge < -0.3 is 0 Å². The number of nitrogens with zero attached hydrogens (tertiary/aromatic N) is 1. The number of hydrogen-bond acceptors (Lipinski definition) is 2. The van der Waals surface area contributed by atoms with Gasteiger partial charge in [0.1, 0.15) is 5.15 Å². The molecule has 0 aliphatic rings. The topological polar surface area (TPSA) is 54.9 Å². The van der Waals surface area contributed by atoms with Crippen LogP contribution in [0.3, 0.4) is 0 Å². The van der Waals surface area contributed by atoms with Crippen LogP contribution >= 0.6 is 27.5 Å². The fourth-order valence-corrected chi connectivity index (χ4v) is 1.85. The van der Waals surface area contributed by atoms with Crippen LogP contribution in [0.2, 0.25) is 5.15 Å². The summed E-state index contributed by atoms with van der Waals surface area (Å²) in [5, 5.41) is 0.0772. The van der Waals surface area contributed by atoms with Crippen molar-refractivity contribution in [2.75, 3.05) is 0 Å². The van der Waals surface area contributed by atoms with Crippen LogP contribution in [0.5, 0.6) is 0 Å². The van der Waals surface area contributed by atoms with Crippen molar-refractivity contribution < 1.29 is 0 Å². The Balaban J connectivity index is 2.77. The molecule has 2 aromatic rings. The van der Waals surface area contributed by atoms with Crippen molar-refractivity contribution in [3.63, 3.8) is 0 Å². The molecule has 0 unspecified atom stereocenters. The molecule has 1 aromatic carbocycles. The Morgan fingerprint density at radius 3 is 2.41 bits per heavy atom. The summed E-state index contributed by atoms with van der Waals surface area (Å²) in [6, 6.07) is 6.86. The third-order valence-corrected chi connectivity index (χ3v) is 3.26. The molecule has 4 nitrogen and oxygen atoms in total. The maximum absolute atomic E-state index is 11.9. The summed E-state index contributed by atoms with van der Waals surface area (Å²) in [6.07, 6.45) is 0. The van der Waals surface area contributed by atoms with E-state index in [1.165, 1.54) is 0 Å². The van der Waals surface area contributed by atoms with Crippen LogP contribution < -0.4 is 11.2 Å². The zero-order valence-electron chi connectivity index (χ0n) is 8.83. The maximum atomic E-state index is 11.9. The number of rotatable bonds is 1. The zero-order chi connectivity index (χ0) is 12.6. The Hall–Kier alpha value is -1.33.